The summed E-state index contributed by atoms with van der Waals surface area (Å²) in [4.78, 5) is 14.1. The highest BCUT2D eigenvalue weighted by molar-refractivity contribution is 9.10. The van der Waals surface area contributed by atoms with E-state index in [-0.39, 0.29) is 18.0 Å². The lowest BCUT2D eigenvalue weighted by Crippen LogP contribution is -2.42. The number of nitrogens with zero attached hydrogens (tertiary/aromatic N) is 1. The Morgan fingerprint density at radius 1 is 1.24 bits per heavy atom. The van der Waals surface area contributed by atoms with E-state index < -0.39 is 0 Å². The van der Waals surface area contributed by atoms with Crippen molar-refractivity contribution >= 4 is 21.8 Å². The predicted octanol–water partition coefficient (Wildman–Crippen LogP) is 3.64. The normalized spacial score (nSPS) is 11.0. The lowest BCUT2D eigenvalue weighted by Gasteiger charge is -2.31. The van der Waals surface area contributed by atoms with Gasteiger partial charge in [0.25, 0.3) is 0 Å². The van der Waals surface area contributed by atoms with Crippen LogP contribution in [-0.4, -0.2) is 22.9 Å². The third-order valence-electron chi connectivity index (χ3n) is 2.65. The topological polar surface area (TPSA) is 20.3 Å². The number of carbonyl (C=O) groups is 1. The van der Waals surface area contributed by atoms with Crippen LogP contribution < -0.4 is 0 Å². The molecule has 0 bridgehead atoms. The summed E-state index contributed by atoms with van der Waals surface area (Å²) in [6.07, 6.45) is 0.468. The van der Waals surface area contributed by atoms with E-state index in [1.165, 1.54) is 0 Å². The number of hydrogen-bond acceptors (Lipinski definition) is 1. The van der Waals surface area contributed by atoms with Crippen molar-refractivity contribution < 1.29 is 4.79 Å². The van der Waals surface area contributed by atoms with Crippen LogP contribution >= 0.6 is 15.9 Å². The Bertz CT molecular complexity index is 380. The monoisotopic (exact) mass is 297 g/mol. The summed E-state index contributed by atoms with van der Waals surface area (Å²) in [6.45, 7) is 8.22. The molecule has 1 amide bonds. The zero-order valence-electron chi connectivity index (χ0n) is 10.9. The molecule has 0 unspecified atom stereocenters. The van der Waals surface area contributed by atoms with Gasteiger partial charge in [0.15, 0.2) is 0 Å². The quantitative estimate of drug-likeness (QED) is 0.831. The Morgan fingerprint density at radius 2 is 1.82 bits per heavy atom. The fourth-order valence-electron chi connectivity index (χ4n) is 2.09. The van der Waals surface area contributed by atoms with E-state index >= 15 is 0 Å². The molecule has 0 heterocycles. The van der Waals surface area contributed by atoms with E-state index in [0.29, 0.717) is 6.42 Å². The fourth-order valence-corrected chi connectivity index (χ4v) is 2.53. The number of carbonyl (C=O) groups excluding carboxylic acids is 1. The highest BCUT2D eigenvalue weighted by Crippen LogP contribution is 2.14. The molecule has 17 heavy (non-hydrogen) atoms. The molecular formula is C14H20BrNO. The summed E-state index contributed by atoms with van der Waals surface area (Å²) in [5, 5.41) is 0. The minimum atomic E-state index is 0.188. The van der Waals surface area contributed by atoms with Gasteiger partial charge in [-0.25, -0.2) is 0 Å². The van der Waals surface area contributed by atoms with Crippen molar-refractivity contribution in [2.45, 2.75) is 46.2 Å². The molecule has 1 aromatic rings. The van der Waals surface area contributed by atoms with Crippen molar-refractivity contribution in [1.29, 1.82) is 0 Å². The average Bonchev–Trinajstić information content (AvgIpc) is 2.15. The summed E-state index contributed by atoms with van der Waals surface area (Å²) in [5.74, 6) is 0.188. The number of rotatable bonds is 4. The van der Waals surface area contributed by atoms with Crippen LogP contribution in [-0.2, 0) is 11.2 Å². The van der Waals surface area contributed by atoms with Gasteiger partial charge >= 0.3 is 0 Å². The standard InChI is InChI=1S/C14H20BrNO/c1-10(2)16(11(3)4)14(17)9-12-6-5-7-13(15)8-12/h5-8,10-11H,9H2,1-4H3. The lowest BCUT2D eigenvalue weighted by atomic mass is 10.1. The van der Waals surface area contributed by atoms with E-state index in [1.54, 1.807) is 0 Å². The molecule has 1 aromatic carbocycles. The number of benzene rings is 1. The molecule has 0 aliphatic rings. The minimum Gasteiger partial charge on any atom is -0.338 e. The van der Waals surface area contributed by atoms with Crippen molar-refractivity contribution in [3.63, 3.8) is 0 Å². The first-order valence-corrected chi connectivity index (χ1v) is 6.76. The maximum atomic E-state index is 12.2. The third kappa shape index (κ3) is 4.15. The third-order valence-corrected chi connectivity index (χ3v) is 3.14. The second-order valence-electron chi connectivity index (χ2n) is 4.80. The van der Waals surface area contributed by atoms with Crippen molar-refractivity contribution in [1.82, 2.24) is 4.90 Å². The van der Waals surface area contributed by atoms with Crippen LogP contribution in [0.3, 0.4) is 0 Å². The first-order valence-electron chi connectivity index (χ1n) is 5.97. The molecule has 0 saturated carbocycles. The first kappa shape index (κ1) is 14.2. The molecule has 0 aliphatic heterocycles. The first-order chi connectivity index (χ1) is 7.91. The summed E-state index contributed by atoms with van der Waals surface area (Å²) >= 11 is 3.42. The molecule has 0 fully saturated rings. The van der Waals surface area contributed by atoms with Gasteiger partial charge in [-0.1, -0.05) is 28.1 Å². The maximum Gasteiger partial charge on any atom is 0.227 e. The Balaban J connectivity index is 2.77. The molecular weight excluding hydrogens is 278 g/mol. The zero-order valence-corrected chi connectivity index (χ0v) is 12.5. The second kappa shape index (κ2) is 6.20. The Morgan fingerprint density at radius 3 is 2.29 bits per heavy atom. The van der Waals surface area contributed by atoms with Crippen molar-refractivity contribution in [2.24, 2.45) is 0 Å². The van der Waals surface area contributed by atoms with E-state index in [4.69, 9.17) is 0 Å². The van der Waals surface area contributed by atoms with Crippen molar-refractivity contribution in [3.8, 4) is 0 Å². The van der Waals surface area contributed by atoms with E-state index in [1.807, 2.05) is 29.2 Å². The predicted molar refractivity (Wildman–Crippen MR) is 75.0 cm³/mol. The smallest absolute Gasteiger partial charge is 0.227 e. The van der Waals surface area contributed by atoms with Crippen LogP contribution in [0.25, 0.3) is 0 Å². The van der Waals surface area contributed by atoms with Crippen LogP contribution in [0.1, 0.15) is 33.3 Å². The van der Waals surface area contributed by atoms with Gasteiger partial charge in [-0.15, -0.1) is 0 Å². The maximum absolute atomic E-state index is 12.2. The van der Waals surface area contributed by atoms with Gasteiger partial charge in [-0.3, -0.25) is 4.79 Å². The highest BCUT2D eigenvalue weighted by Gasteiger charge is 2.19. The molecule has 0 N–H and O–H groups in total. The van der Waals surface area contributed by atoms with Gasteiger partial charge < -0.3 is 4.90 Å². The Labute approximate surface area is 112 Å². The highest BCUT2D eigenvalue weighted by atomic mass is 79.9. The molecule has 0 spiro atoms. The van der Waals surface area contributed by atoms with Gasteiger partial charge in [-0.05, 0) is 45.4 Å². The molecule has 94 valence electrons. The van der Waals surface area contributed by atoms with E-state index in [2.05, 4.69) is 43.6 Å². The summed E-state index contributed by atoms with van der Waals surface area (Å²) in [5.41, 5.74) is 1.05. The largest absolute Gasteiger partial charge is 0.338 e. The van der Waals surface area contributed by atoms with Gasteiger partial charge in [-0.2, -0.15) is 0 Å². The van der Waals surface area contributed by atoms with Gasteiger partial charge in [0.1, 0.15) is 0 Å². The van der Waals surface area contributed by atoms with Crippen LogP contribution in [0.15, 0.2) is 28.7 Å². The summed E-state index contributed by atoms with van der Waals surface area (Å²) in [7, 11) is 0. The molecule has 3 heteroatoms. The second-order valence-corrected chi connectivity index (χ2v) is 5.71. The van der Waals surface area contributed by atoms with Crippen LogP contribution in [0, 0.1) is 0 Å². The zero-order chi connectivity index (χ0) is 13.0. The van der Waals surface area contributed by atoms with Crippen LogP contribution in [0.2, 0.25) is 0 Å². The van der Waals surface area contributed by atoms with Crippen molar-refractivity contribution in [3.05, 3.63) is 34.3 Å². The fraction of sp³-hybridized carbons (Fsp3) is 0.500. The Hall–Kier alpha value is -0.830. The van der Waals surface area contributed by atoms with Gasteiger partial charge in [0, 0.05) is 16.6 Å². The van der Waals surface area contributed by atoms with E-state index in [0.717, 1.165) is 10.0 Å². The summed E-state index contributed by atoms with van der Waals surface area (Å²) < 4.78 is 1.02. The molecule has 1 rings (SSSR count). The molecule has 0 saturated heterocycles. The summed E-state index contributed by atoms with van der Waals surface area (Å²) in [6, 6.07) is 8.40. The molecule has 0 aromatic heterocycles. The number of hydrogen-bond donors (Lipinski definition) is 0. The van der Waals surface area contributed by atoms with Crippen LogP contribution in [0.4, 0.5) is 0 Å². The number of halogens is 1. The molecule has 0 atom stereocenters. The van der Waals surface area contributed by atoms with Gasteiger partial charge in [0.05, 0.1) is 6.42 Å². The molecule has 0 aliphatic carbocycles. The molecule has 2 nitrogen and oxygen atoms in total. The lowest BCUT2D eigenvalue weighted by molar-refractivity contribution is -0.134. The minimum absolute atomic E-state index is 0.188. The SMILES string of the molecule is CC(C)N(C(=O)Cc1cccc(Br)c1)C(C)C. The van der Waals surface area contributed by atoms with Crippen LogP contribution in [0.5, 0.6) is 0 Å². The Kier molecular flexibility index (Phi) is 5.19. The average molecular weight is 298 g/mol. The van der Waals surface area contributed by atoms with Gasteiger partial charge in [0.2, 0.25) is 5.91 Å². The van der Waals surface area contributed by atoms with E-state index in [9.17, 15) is 4.79 Å². The molecule has 0 radical (unpaired) electrons. The number of amides is 1. The van der Waals surface area contributed by atoms with Crippen molar-refractivity contribution in [2.75, 3.05) is 0 Å².